The second-order valence-corrected chi connectivity index (χ2v) is 6.26. The first-order chi connectivity index (χ1) is 9.52. The highest BCUT2D eigenvalue weighted by Crippen LogP contribution is 2.40. The summed E-state index contributed by atoms with van der Waals surface area (Å²) in [5.41, 5.74) is 7.03. The van der Waals surface area contributed by atoms with Crippen molar-refractivity contribution in [3.8, 4) is 5.75 Å². The fourth-order valence-electron chi connectivity index (χ4n) is 1.91. The van der Waals surface area contributed by atoms with E-state index in [1.54, 1.807) is 19.2 Å². The molecule has 0 fully saturated rings. The van der Waals surface area contributed by atoms with Gasteiger partial charge >= 0.3 is 0 Å². The zero-order valence-corrected chi connectivity index (χ0v) is 13.5. The molecule has 0 aliphatic rings. The summed E-state index contributed by atoms with van der Waals surface area (Å²) in [6.45, 7) is 1.93. The Hall–Kier alpha value is -0.870. The van der Waals surface area contributed by atoms with Crippen molar-refractivity contribution in [2.24, 2.45) is 5.73 Å². The van der Waals surface area contributed by atoms with E-state index in [0.29, 0.717) is 10.0 Å². The van der Waals surface area contributed by atoms with Gasteiger partial charge in [-0.2, -0.15) is 0 Å². The van der Waals surface area contributed by atoms with Gasteiger partial charge in [-0.15, -0.1) is 0 Å². The minimum Gasteiger partial charge on any atom is -0.496 e. The van der Waals surface area contributed by atoms with E-state index in [-0.39, 0.29) is 6.04 Å². The molecule has 2 rings (SSSR count). The van der Waals surface area contributed by atoms with Crippen LogP contribution >= 0.6 is 35.0 Å². The summed E-state index contributed by atoms with van der Waals surface area (Å²) in [5.74, 6) is 0.781. The van der Waals surface area contributed by atoms with Gasteiger partial charge < -0.3 is 10.5 Å². The van der Waals surface area contributed by atoms with E-state index in [4.69, 9.17) is 33.7 Å². The van der Waals surface area contributed by atoms with E-state index >= 15 is 0 Å². The normalized spacial score (nSPS) is 12.2. The van der Waals surface area contributed by atoms with Gasteiger partial charge in [-0.3, -0.25) is 0 Å². The third-order valence-corrected chi connectivity index (χ3v) is 4.62. The summed E-state index contributed by atoms with van der Waals surface area (Å²) in [6, 6.07) is 11.1. The van der Waals surface area contributed by atoms with Crippen LogP contribution in [0.25, 0.3) is 0 Å². The predicted molar refractivity (Wildman–Crippen MR) is 86.2 cm³/mol. The van der Waals surface area contributed by atoms with Crippen LogP contribution in [0, 0.1) is 0 Å². The molecule has 0 spiro atoms. The molecule has 0 aliphatic heterocycles. The number of rotatable bonds is 4. The van der Waals surface area contributed by atoms with E-state index in [1.165, 1.54) is 11.8 Å². The van der Waals surface area contributed by atoms with Crippen LogP contribution in [-0.4, -0.2) is 7.11 Å². The van der Waals surface area contributed by atoms with Crippen LogP contribution in [0.2, 0.25) is 10.0 Å². The van der Waals surface area contributed by atoms with Gasteiger partial charge in [0.25, 0.3) is 0 Å². The first-order valence-electron chi connectivity index (χ1n) is 6.08. The zero-order chi connectivity index (χ0) is 14.7. The topological polar surface area (TPSA) is 35.2 Å². The molecule has 0 amide bonds. The van der Waals surface area contributed by atoms with Crippen molar-refractivity contribution in [2.45, 2.75) is 22.8 Å². The summed E-state index contributed by atoms with van der Waals surface area (Å²) in [6.07, 6.45) is 0. The lowest BCUT2D eigenvalue weighted by Crippen LogP contribution is -2.08. The number of methoxy groups -OCH3 is 1. The zero-order valence-electron chi connectivity index (χ0n) is 11.2. The molecule has 20 heavy (non-hydrogen) atoms. The molecule has 0 aromatic heterocycles. The van der Waals surface area contributed by atoms with E-state index < -0.39 is 0 Å². The summed E-state index contributed by atoms with van der Waals surface area (Å²) < 4.78 is 5.39. The Labute approximate surface area is 133 Å². The Morgan fingerprint density at radius 3 is 2.55 bits per heavy atom. The van der Waals surface area contributed by atoms with Gasteiger partial charge in [-0.1, -0.05) is 41.0 Å². The van der Waals surface area contributed by atoms with Crippen LogP contribution in [0.5, 0.6) is 5.75 Å². The van der Waals surface area contributed by atoms with Gasteiger partial charge in [0.15, 0.2) is 0 Å². The fourth-order valence-corrected chi connectivity index (χ4v) is 3.52. The lowest BCUT2D eigenvalue weighted by atomic mass is 10.1. The van der Waals surface area contributed by atoms with Crippen molar-refractivity contribution in [2.75, 3.05) is 7.11 Å². The SMILES string of the molecule is COc1cccc(Sc2cc(Cl)ccc2Cl)c1C(C)N. The molecule has 0 saturated heterocycles. The Morgan fingerprint density at radius 1 is 1.15 bits per heavy atom. The molecule has 2 aromatic rings. The Balaban J connectivity index is 2.45. The van der Waals surface area contributed by atoms with E-state index in [2.05, 4.69) is 0 Å². The highest BCUT2D eigenvalue weighted by Gasteiger charge is 2.15. The van der Waals surface area contributed by atoms with E-state index in [1.807, 2.05) is 31.2 Å². The number of nitrogens with two attached hydrogens (primary N) is 1. The van der Waals surface area contributed by atoms with Crippen molar-refractivity contribution in [3.63, 3.8) is 0 Å². The lowest BCUT2D eigenvalue weighted by molar-refractivity contribution is 0.405. The van der Waals surface area contributed by atoms with Crippen molar-refractivity contribution in [1.82, 2.24) is 0 Å². The summed E-state index contributed by atoms with van der Waals surface area (Å²) in [5, 5.41) is 1.32. The average Bonchev–Trinajstić information content (AvgIpc) is 2.42. The standard InChI is InChI=1S/C15H15Cl2NOS/c1-9(18)15-12(19-2)4-3-5-13(15)20-14-8-10(16)6-7-11(14)17/h3-9H,18H2,1-2H3. The number of hydrogen-bond acceptors (Lipinski definition) is 3. The second kappa shape index (κ2) is 6.72. The molecule has 5 heteroatoms. The maximum atomic E-state index is 6.21. The van der Waals surface area contributed by atoms with Crippen LogP contribution in [0.4, 0.5) is 0 Å². The van der Waals surface area contributed by atoms with Crippen LogP contribution in [0.3, 0.4) is 0 Å². The number of hydrogen-bond donors (Lipinski definition) is 1. The number of ether oxygens (including phenoxy) is 1. The van der Waals surface area contributed by atoms with Crippen LogP contribution in [0.15, 0.2) is 46.2 Å². The Morgan fingerprint density at radius 2 is 1.90 bits per heavy atom. The molecule has 1 unspecified atom stereocenters. The van der Waals surface area contributed by atoms with Gasteiger partial charge in [0.2, 0.25) is 0 Å². The molecule has 0 bridgehead atoms. The molecule has 0 aliphatic carbocycles. The molecule has 106 valence electrons. The number of halogens is 2. The van der Waals surface area contributed by atoms with Crippen LogP contribution in [-0.2, 0) is 0 Å². The average molecular weight is 328 g/mol. The van der Waals surface area contributed by atoms with Crippen LogP contribution in [0.1, 0.15) is 18.5 Å². The largest absolute Gasteiger partial charge is 0.496 e. The first-order valence-corrected chi connectivity index (χ1v) is 7.65. The van der Waals surface area contributed by atoms with Crippen LogP contribution < -0.4 is 10.5 Å². The molecule has 0 saturated carbocycles. The third-order valence-electron chi connectivity index (χ3n) is 2.81. The van der Waals surface area contributed by atoms with E-state index in [9.17, 15) is 0 Å². The minimum atomic E-state index is -0.133. The molecule has 2 N–H and O–H groups in total. The molecule has 2 nitrogen and oxygen atoms in total. The highest BCUT2D eigenvalue weighted by molar-refractivity contribution is 7.99. The summed E-state index contributed by atoms with van der Waals surface area (Å²) in [7, 11) is 1.64. The molecular formula is C15H15Cl2NOS. The van der Waals surface area contributed by atoms with Gasteiger partial charge in [-0.25, -0.2) is 0 Å². The monoisotopic (exact) mass is 327 g/mol. The van der Waals surface area contributed by atoms with Gasteiger partial charge in [0.1, 0.15) is 5.75 Å². The Bertz CT molecular complexity index is 617. The van der Waals surface area contributed by atoms with Gasteiger partial charge in [-0.05, 0) is 37.3 Å². The second-order valence-electron chi connectivity index (χ2n) is 4.34. The first kappa shape index (κ1) is 15.5. The minimum absolute atomic E-state index is 0.133. The fraction of sp³-hybridized carbons (Fsp3) is 0.200. The molecule has 0 radical (unpaired) electrons. The summed E-state index contributed by atoms with van der Waals surface area (Å²) in [4.78, 5) is 1.91. The molecule has 0 heterocycles. The van der Waals surface area contributed by atoms with Gasteiger partial charge in [0.05, 0.1) is 12.1 Å². The number of benzene rings is 2. The molecular weight excluding hydrogens is 313 g/mol. The maximum Gasteiger partial charge on any atom is 0.124 e. The lowest BCUT2D eigenvalue weighted by Gasteiger charge is -2.16. The Kier molecular flexibility index (Phi) is 5.22. The van der Waals surface area contributed by atoms with Crippen molar-refractivity contribution in [3.05, 3.63) is 52.0 Å². The van der Waals surface area contributed by atoms with Crippen molar-refractivity contribution in [1.29, 1.82) is 0 Å². The molecule has 1 atom stereocenters. The third kappa shape index (κ3) is 3.41. The predicted octanol–water partition coefficient (Wildman–Crippen LogP) is 5.17. The highest BCUT2D eigenvalue weighted by atomic mass is 35.5. The van der Waals surface area contributed by atoms with Crippen molar-refractivity contribution < 1.29 is 4.74 Å². The molecule has 2 aromatic carbocycles. The quantitative estimate of drug-likeness (QED) is 0.840. The smallest absolute Gasteiger partial charge is 0.124 e. The van der Waals surface area contributed by atoms with Gasteiger partial charge in [0, 0.05) is 26.4 Å². The summed E-state index contributed by atoms with van der Waals surface area (Å²) >= 11 is 13.8. The van der Waals surface area contributed by atoms with E-state index in [0.717, 1.165) is 21.1 Å². The van der Waals surface area contributed by atoms with Crippen molar-refractivity contribution >= 4 is 35.0 Å². The maximum absolute atomic E-state index is 6.21.